The number of rotatable bonds is 14. The van der Waals surface area contributed by atoms with Gasteiger partial charge in [-0.3, -0.25) is 9.11 Å². The molecule has 4 saturated heterocycles. The minimum atomic E-state index is -4.84. The molecule has 0 spiro atoms. The van der Waals surface area contributed by atoms with Crippen molar-refractivity contribution in [3.05, 3.63) is 47.5 Å². The molecule has 22 nitrogen and oxygen atoms in total. The van der Waals surface area contributed by atoms with Gasteiger partial charge in [-0.15, -0.1) is 0 Å². The quantitative estimate of drug-likeness (QED) is 0.0586. The molecule has 0 saturated carbocycles. The van der Waals surface area contributed by atoms with Crippen LogP contribution < -0.4 is 41.7 Å². The van der Waals surface area contributed by atoms with Gasteiger partial charge in [0.15, 0.2) is 0 Å². The Kier molecular flexibility index (Phi) is 14.4. The van der Waals surface area contributed by atoms with Gasteiger partial charge in [-0.2, -0.15) is 46.7 Å². The Labute approximate surface area is 410 Å². The summed E-state index contributed by atoms with van der Waals surface area (Å²) >= 11 is 0. The van der Waals surface area contributed by atoms with Gasteiger partial charge in [0.2, 0.25) is 35.7 Å². The van der Waals surface area contributed by atoms with Gasteiger partial charge in [-0.05, 0) is 116 Å². The number of aromatic nitrogens is 6. The van der Waals surface area contributed by atoms with Crippen LogP contribution in [0, 0.1) is 0 Å². The Morgan fingerprint density at radius 2 is 0.871 bits per heavy atom. The fraction of sp³-hybridized carbons (Fsp3) is 0.565. The summed E-state index contributed by atoms with van der Waals surface area (Å²) in [6.45, 7) is 21.5. The summed E-state index contributed by atoms with van der Waals surface area (Å²) in [5, 5.41) is 20.6. The van der Waals surface area contributed by atoms with Crippen LogP contribution in [-0.2, 0) is 29.7 Å². The van der Waals surface area contributed by atoms with Crippen molar-refractivity contribution in [1.82, 2.24) is 40.5 Å². The standard InChI is InChI=1S/C46H66N14O8S2/c1-43(2)25-33(26-44(3,4)57-43)49-39-51-37(53-41(55-39)59-15-19-67-20-16-59)47-31-13-11-29(35(23-31)69(61,62)63)9-10-30-12-14-32(24-36(30)70(64,65)66)48-38-52-40(56-42(54-38)60-17-21-68-22-18-60)50-34-27-45(5,6)58-46(7,8)28-34/h9-14,23-24,33-34,57-58H,15-22,25-28H2,1-8H3,(H,61,62,63)(H,64,65,66)(H2,47,49,51,53,55)(H2,48,50,52,54,56). The first kappa shape index (κ1) is 51.0. The lowest BCUT2D eigenvalue weighted by Crippen LogP contribution is -2.60. The zero-order chi connectivity index (χ0) is 50.3. The van der Waals surface area contributed by atoms with E-state index in [9.17, 15) is 25.9 Å². The van der Waals surface area contributed by atoms with Gasteiger partial charge >= 0.3 is 0 Å². The lowest BCUT2D eigenvalue weighted by molar-refractivity contribution is 0.122. The van der Waals surface area contributed by atoms with Crippen LogP contribution in [0.25, 0.3) is 12.2 Å². The van der Waals surface area contributed by atoms with Crippen molar-refractivity contribution in [3.63, 3.8) is 0 Å². The van der Waals surface area contributed by atoms with Gasteiger partial charge in [0.25, 0.3) is 20.2 Å². The maximum absolute atomic E-state index is 12.9. The van der Waals surface area contributed by atoms with Gasteiger partial charge in [-0.25, -0.2) is 0 Å². The molecule has 2 aromatic carbocycles. The van der Waals surface area contributed by atoms with Gasteiger partial charge in [0, 0.05) is 71.8 Å². The number of morpholine rings is 2. The minimum Gasteiger partial charge on any atom is -0.378 e. The molecular weight excluding hydrogens is 941 g/mol. The van der Waals surface area contributed by atoms with E-state index in [0.717, 1.165) is 25.7 Å². The van der Waals surface area contributed by atoms with Crippen LogP contribution in [0.5, 0.6) is 0 Å². The summed E-state index contributed by atoms with van der Waals surface area (Å²) in [6.07, 6.45) is 5.89. The van der Waals surface area contributed by atoms with Crippen LogP contribution in [0.4, 0.5) is 47.1 Å². The lowest BCUT2D eigenvalue weighted by Gasteiger charge is -2.46. The highest BCUT2D eigenvalue weighted by atomic mass is 32.2. The fourth-order valence-corrected chi connectivity index (χ4v) is 11.8. The molecule has 8 N–H and O–H groups in total. The van der Waals surface area contributed by atoms with Crippen LogP contribution >= 0.6 is 0 Å². The highest BCUT2D eigenvalue weighted by molar-refractivity contribution is 7.86. The fourth-order valence-electron chi connectivity index (χ4n) is 10.4. The topological polar surface area (TPSA) is 283 Å². The van der Waals surface area contributed by atoms with Crippen molar-refractivity contribution in [2.75, 3.05) is 83.7 Å². The predicted molar refractivity (Wildman–Crippen MR) is 270 cm³/mol. The Bertz CT molecular complexity index is 2600. The Hall–Kier alpha value is -5.34. The molecule has 4 fully saturated rings. The molecule has 4 aromatic rings. The first-order valence-electron chi connectivity index (χ1n) is 23.5. The molecule has 0 atom stereocenters. The Morgan fingerprint density at radius 1 is 0.543 bits per heavy atom. The smallest absolute Gasteiger partial charge is 0.295 e. The molecule has 4 aliphatic rings. The molecule has 24 heteroatoms. The lowest BCUT2D eigenvalue weighted by atomic mass is 9.79. The number of hydrogen-bond acceptors (Lipinski definition) is 20. The van der Waals surface area contributed by atoms with E-state index in [-0.39, 0.29) is 68.6 Å². The Morgan fingerprint density at radius 3 is 1.20 bits per heavy atom. The monoisotopic (exact) mass is 1010 g/mol. The van der Waals surface area contributed by atoms with Crippen LogP contribution in [-0.4, -0.2) is 143 Å². The third-order valence-electron chi connectivity index (χ3n) is 12.4. The average molecular weight is 1010 g/mol. The molecule has 70 heavy (non-hydrogen) atoms. The predicted octanol–water partition coefficient (Wildman–Crippen LogP) is 5.32. The molecule has 6 heterocycles. The van der Waals surface area contributed by atoms with E-state index in [1.54, 1.807) is 12.1 Å². The second kappa shape index (κ2) is 19.7. The molecule has 4 aliphatic heterocycles. The van der Waals surface area contributed by atoms with Crippen molar-refractivity contribution in [1.29, 1.82) is 0 Å². The molecule has 0 unspecified atom stereocenters. The minimum absolute atomic E-state index is 0.0288. The summed E-state index contributed by atoms with van der Waals surface area (Å²) in [5.41, 5.74) is -0.0440. The second-order valence-electron chi connectivity index (χ2n) is 21.1. The zero-order valence-corrected chi connectivity index (χ0v) is 42.6. The molecule has 0 radical (unpaired) electrons. The number of piperidine rings is 2. The number of ether oxygens (including phenoxy) is 2. The average Bonchev–Trinajstić information content (AvgIpc) is 3.24. The van der Waals surface area contributed by atoms with E-state index in [2.05, 4.69) is 107 Å². The number of anilines is 8. The van der Waals surface area contributed by atoms with E-state index in [1.165, 1.54) is 36.4 Å². The molecule has 0 bridgehead atoms. The van der Waals surface area contributed by atoms with Crippen molar-refractivity contribution in [3.8, 4) is 0 Å². The van der Waals surface area contributed by atoms with Gasteiger partial charge < -0.3 is 51.2 Å². The summed E-state index contributed by atoms with van der Waals surface area (Å²) in [5.74, 6) is 1.79. The van der Waals surface area contributed by atoms with Crippen molar-refractivity contribution in [2.24, 2.45) is 0 Å². The zero-order valence-electron chi connectivity index (χ0n) is 41.0. The van der Waals surface area contributed by atoms with Gasteiger partial charge in [-0.1, -0.05) is 24.3 Å². The molecule has 8 rings (SSSR count). The third kappa shape index (κ3) is 13.3. The number of nitrogens with zero attached hydrogens (tertiary/aromatic N) is 8. The number of hydrogen-bond donors (Lipinski definition) is 8. The summed E-state index contributed by atoms with van der Waals surface area (Å²) in [4.78, 5) is 31.2. The highest BCUT2D eigenvalue weighted by Gasteiger charge is 2.39. The molecule has 0 aliphatic carbocycles. The molecule has 2 aromatic heterocycles. The van der Waals surface area contributed by atoms with Gasteiger partial charge in [0.1, 0.15) is 9.79 Å². The number of benzene rings is 2. The van der Waals surface area contributed by atoms with E-state index in [4.69, 9.17) is 19.4 Å². The molecule has 380 valence electrons. The maximum Gasteiger partial charge on any atom is 0.295 e. The van der Waals surface area contributed by atoms with Crippen LogP contribution in [0.1, 0.15) is 92.2 Å². The summed E-state index contributed by atoms with van der Waals surface area (Å²) < 4.78 is 83.7. The summed E-state index contributed by atoms with van der Waals surface area (Å²) in [7, 11) is -9.69. The third-order valence-corrected chi connectivity index (χ3v) is 14.2. The summed E-state index contributed by atoms with van der Waals surface area (Å²) in [6, 6.07) is 8.56. The van der Waals surface area contributed by atoms with E-state index in [1.807, 2.05) is 9.80 Å². The highest BCUT2D eigenvalue weighted by Crippen LogP contribution is 2.34. The normalized spacial score (nSPS) is 20.8. The largest absolute Gasteiger partial charge is 0.378 e. The SMILES string of the molecule is CC1(C)CC(Nc2nc(Nc3ccc(C=Cc4ccc(Nc5nc(NC6CC(C)(C)NC(C)(C)C6)nc(N6CCOCC6)n5)cc4S(=O)(=O)O)c(S(=O)(=O)O)c3)nc(N3CCOCC3)n2)CC(C)(C)N1. The van der Waals surface area contributed by atoms with Crippen LogP contribution in [0.15, 0.2) is 46.2 Å². The molecule has 0 amide bonds. The second-order valence-corrected chi connectivity index (χ2v) is 23.9. The molecular formula is C46H66N14O8S2. The van der Waals surface area contributed by atoms with Crippen molar-refractivity contribution in [2.45, 2.75) is 125 Å². The van der Waals surface area contributed by atoms with E-state index in [0.29, 0.717) is 76.4 Å². The van der Waals surface area contributed by atoms with E-state index >= 15 is 0 Å². The first-order valence-corrected chi connectivity index (χ1v) is 26.4. The first-order chi connectivity index (χ1) is 32.8. The van der Waals surface area contributed by atoms with Crippen molar-refractivity contribution < 1.29 is 35.4 Å². The van der Waals surface area contributed by atoms with Gasteiger partial charge in [0.05, 0.1) is 26.4 Å². The van der Waals surface area contributed by atoms with Crippen molar-refractivity contribution >= 4 is 79.5 Å². The van der Waals surface area contributed by atoms with E-state index < -0.39 is 30.0 Å². The van der Waals surface area contributed by atoms with Crippen LogP contribution in [0.3, 0.4) is 0 Å². The Balaban J connectivity index is 1.05. The van der Waals surface area contributed by atoms with Crippen LogP contribution in [0.2, 0.25) is 0 Å². The number of nitrogens with one attached hydrogen (secondary N) is 6. The maximum atomic E-state index is 12.9.